The van der Waals surface area contributed by atoms with Crippen molar-refractivity contribution >= 4 is 11.9 Å². The first-order chi connectivity index (χ1) is 10.1. The molecule has 1 amide bonds. The van der Waals surface area contributed by atoms with Crippen LogP contribution >= 0.6 is 0 Å². The Labute approximate surface area is 122 Å². The summed E-state index contributed by atoms with van der Waals surface area (Å²) in [6.45, 7) is 0. The summed E-state index contributed by atoms with van der Waals surface area (Å²) in [5.41, 5.74) is 0. The van der Waals surface area contributed by atoms with Crippen molar-refractivity contribution in [2.45, 2.75) is 56.9 Å². The van der Waals surface area contributed by atoms with Crippen LogP contribution in [0.15, 0.2) is 0 Å². The van der Waals surface area contributed by atoms with E-state index in [4.69, 9.17) is 0 Å². The highest BCUT2D eigenvalue weighted by Crippen LogP contribution is 2.37. The van der Waals surface area contributed by atoms with Crippen LogP contribution in [-0.2, 0) is 4.79 Å². The lowest BCUT2D eigenvalue weighted by molar-refractivity contribution is -0.141. The summed E-state index contributed by atoms with van der Waals surface area (Å²) in [5.74, 6) is -0.331. The van der Waals surface area contributed by atoms with Crippen molar-refractivity contribution in [2.75, 3.05) is 0 Å². The van der Waals surface area contributed by atoms with Crippen LogP contribution in [0.5, 0.6) is 0 Å². The molecule has 0 spiro atoms. The SMILES string of the molecule is O=C(NC(C(=O)O)C1CCCCC1)c1n[nH]c(C2CC2)n1. The summed E-state index contributed by atoms with van der Waals surface area (Å²) in [6, 6.07) is -0.847. The van der Waals surface area contributed by atoms with E-state index in [2.05, 4.69) is 20.5 Å². The van der Waals surface area contributed by atoms with E-state index < -0.39 is 17.9 Å². The Morgan fingerprint density at radius 1 is 1.19 bits per heavy atom. The predicted octanol–water partition coefficient (Wildman–Crippen LogP) is 1.45. The Kier molecular flexibility index (Phi) is 3.90. The third kappa shape index (κ3) is 3.22. The molecule has 1 aromatic rings. The standard InChI is InChI=1S/C14H20N4O3/c19-13(12-16-11(17-18-12)9-6-7-9)15-10(14(20)21)8-4-2-1-3-5-8/h8-10H,1-7H2,(H,15,19)(H,20,21)(H,16,17,18). The number of aliphatic carboxylic acids is 1. The highest BCUT2D eigenvalue weighted by Gasteiger charge is 2.33. The van der Waals surface area contributed by atoms with E-state index in [1.54, 1.807) is 0 Å². The van der Waals surface area contributed by atoms with Gasteiger partial charge in [-0.05, 0) is 31.6 Å². The predicted molar refractivity (Wildman–Crippen MR) is 73.8 cm³/mol. The lowest BCUT2D eigenvalue weighted by atomic mass is 9.84. The van der Waals surface area contributed by atoms with Gasteiger partial charge in [-0.15, -0.1) is 5.10 Å². The number of carbonyl (C=O) groups is 2. The zero-order valence-corrected chi connectivity index (χ0v) is 11.8. The van der Waals surface area contributed by atoms with E-state index >= 15 is 0 Å². The molecule has 2 saturated carbocycles. The van der Waals surface area contributed by atoms with Crippen LogP contribution in [0.4, 0.5) is 0 Å². The minimum Gasteiger partial charge on any atom is -0.480 e. The van der Waals surface area contributed by atoms with Crippen molar-refractivity contribution in [3.05, 3.63) is 11.6 Å². The third-order valence-corrected chi connectivity index (χ3v) is 4.34. The lowest BCUT2D eigenvalue weighted by Crippen LogP contribution is -2.46. The second kappa shape index (κ2) is 5.83. The van der Waals surface area contributed by atoms with E-state index in [0.717, 1.165) is 50.8 Å². The molecule has 0 aliphatic heterocycles. The first kappa shape index (κ1) is 14.0. The first-order valence-corrected chi connectivity index (χ1v) is 7.61. The minimum absolute atomic E-state index is 0.00189. The highest BCUT2D eigenvalue weighted by atomic mass is 16.4. The molecule has 7 heteroatoms. The fraction of sp³-hybridized carbons (Fsp3) is 0.714. The van der Waals surface area contributed by atoms with Gasteiger partial charge >= 0.3 is 5.97 Å². The fourth-order valence-corrected chi connectivity index (χ4v) is 2.97. The summed E-state index contributed by atoms with van der Waals surface area (Å²) < 4.78 is 0. The quantitative estimate of drug-likeness (QED) is 0.761. The molecule has 0 bridgehead atoms. The number of carboxylic acids is 1. The van der Waals surface area contributed by atoms with E-state index in [-0.39, 0.29) is 11.7 Å². The van der Waals surface area contributed by atoms with Gasteiger partial charge in [-0.25, -0.2) is 9.78 Å². The number of hydrogen-bond acceptors (Lipinski definition) is 4. The molecule has 1 atom stereocenters. The van der Waals surface area contributed by atoms with E-state index in [1.165, 1.54) is 0 Å². The number of aromatic amines is 1. The van der Waals surface area contributed by atoms with E-state index in [1.807, 2.05) is 0 Å². The number of hydrogen-bond donors (Lipinski definition) is 3. The van der Waals surface area contributed by atoms with Gasteiger partial charge in [0.2, 0.25) is 5.82 Å². The van der Waals surface area contributed by atoms with Gasteiger partial charge in [0.15, 0.2) is 0 Å². The van der Waals surface area contributed by atoms with Crippen molar-refractivity contribution in [3.63, 3.8) is 0 Å². The first-order valence-electron chi connectivity index (χ1n) is 7.61. The van der Waals surface area contributed by atoms with Gasteiger partial charge in [0.1, 0.15) is 11.9 Å². The number of carbonyl (C=O) groups excluding carboxylic acids is 1. The maximum Gasteiger partial charge on any atom is 0.326 e. The Morgan fingerprint density at radius 3 is 2.52 bits per heavy atom. The zero-order chi connectivity index (χ0) is 14.8. The average molecular weight is 292 g/mol. The molecule has 0 saturated heterocycles. The molecule has 114 valence electrons. The molecule has 2 fully saturated rings. The van der Waals surface area contributed by atoms with Gasteiger partial charge in [-0.2, -0.15) is 0 Å². The van der Waals surface area contributed by atoms with Gasteiger partial charge in [0, 0.05) is 5.92 Å². The van der Waals surface area contributed by atoms with Crippen LogP contribution in [0.2, 0.25) is 0 Å². The molecule has 0 aromatic carbocycles. The molecule has 7 nitrogen and oxygen atoms in total. The van der Waals surface area contributed by atoms with Crippen LogP contribution in [0, 0.1) is 5.92 Å². The van der Waals surface area contributed by atoms with Gasteiger partial charge in [0.05, 0.1) is 0 Å². The molecule has 0 radical (unpaired) electrons. The summed E-state index contributed by atoms with van der Waals surface area (Å²) in [5, 5.41) is 18.6. The largest absolute Gasteiger partial charge is 0.480 e. The summed E-state index contributed by atoms with van der Waals surface area (Å²) in [4.78, 5) is 27.7. The number of amides is 1. The van der Waals surface area contributed by atoms with E-state index in [0.29, 0.717) is 5.92 Å². The number of nitrogens with one attached hydrogen (secondary N) is 2. The lowest BCUT2D eigenvalue weighted by Gasteiger charge is -2.27. The Balaban J connectivity index is 1.65. The van der Waals surface area contributed by atoms with Crippen molar-refractivity contribution in [2.24, 2.45) is 5.92 Å². The number of H-pyrrole nitrogens is 1. The molecule has 1 heterocycles. The molecule has 1 unspecified atom stereocenters. The second-order valence-electron chi connectivity index (χ2n) is 6.01. The summed E-state index contributed by atoms with van der Waals surface area (Å²) >= 11 is 0. The molecule has 3 rings (SSSR count). The van der Waals surface area contributed by atoms with Crippen molar-refractivity contribution in [3.8, 4) is 0 Å². The molecular weight excluding hydrogens is 272 g/mol. The summed E-state index contributed by atoms with van der Waals surface area (Å²) in [7, 11) is 0. The maximum atomic E-state index is 12.1. The Morgan fingerprint density at radius 2 is 1.90 bits per heavy atom. The maximum absolute atomic E-state index is 12.1. The summed E-state index contributed by atoms with van der Waals surface area (Å²) in [6.07, 6.45) is 7.01. The molecule has 1 aromatic heterocycles. The van der Waals surface area contributed by atoms with Crippen LogP contribution in [0.1, 0.15) is 67.3 Å². The highest BCUT2D eigenvalue weighted by molar-refractivity contribution is 5.93. The van der Waals surface area contributed by atoms with Crippen LogP contribution in [0.3, 0.4) is 0 Å². The normalized spacial score (nSPS) is 21.0. The van der Waals surface area contributed by atoms with Crippen LogP contribution in [-0.4, -0.2) is 38.2 Å². The number of carboxylic acid groups (broad SMARTS) is 1. The monoisotopic (exact) mass is 292 g/mol. The molecule has 21 heavy (non-hydrogen) atoms. The number of aromatic nitrogens is 3. The van der Waals surface area contributed by atoms with Crippen LogP contribution < -0.4 is 5.32 Å². The van der Waals surface area contributed by atoms with Crippen molar-refractivity contribution < 1.29 is 14.7 Å². The van der Waals surface area contributed by atoms with Gasteiger partial charge < -0.3 is 10.4 Å². The zero-order valence-electron chi connectivity index (χ0n) is 11.8. The molecule has 3 N–H and O–H groups in total. The molecular formula is C14H20N4O3. The van der Waals surface area contributed by atoms with Gasteiger partial charge in [-0.1, -0.05) is 19.3 Å². The van der Waals surface area contributed by atoms with Crippen molar-refractivity contribution in [1.29, 1.82) is 0 Å². The van der Waals surface area contributed by atoms with Crippen LogP contribution in [0.25, 0.3) is 0 Å². The second-order valence-corrected chi connectivity index (χ2v) is 6.01. The van der Waals surface area contributed by atoms with Gasteiger partial charge in [0.25, 0.3) is 5.91 Å². The molecule has 2 aliphatic rings. The number of nitrogens with zero attached hydrogens (tertiary/aromatic N) is 2. The van der Waals surface area contributed by atoms with Crippen molar-refractivity contribution in [1.82, 2.24) is 20.5 Å². The Bertz CT molecular complexity index is 532. The average Bonchev–Trinajstić information content (AvgIpc) is 3.22. The number of rotatable bonds is 5. The molecule has 2 aliphatic carbocycles. The minimum atomic E-state index is -0.979. The topological polar surface area (TPSA) is 108 Å². The smallest absolute Gasteiger partial charge is 0.326 e. The van der Waals surface area contributed by atoms with Gasteiger partial charge in [-0.3, -0.25) is 9.89 Å². The third-order valence-electron chi connectivity index (χ3n) is 4.34. The fourth-order valence-electron chi connectivity index (χ4n) is 2.97. The van der Waals surface area contributed by atoms with E-state index in [9.17, 15) is 14.7 Å². The Hall–Kier alpha value is -1.92.